The van der Waals surface area contributed by atoms with E-state index in [0.29, 0.717) is 13.1 Å². The Balaban J connectivity index is 2.95. The van der Waals surface area contributed by atoms with Gasteiger partial charge in [-0.15, -0.1) is 0 Å². The van der Waals surface area contributed by atoms with Gasteiger partial charge in [-0.25, -0.2) is 13.1 Å². The van der Waals surface area contributed by atoms with Gasteiger partial charge < -0.3 is 10.6 Å². The highest BCUT2D eigenvalue weighted by molar-refractivity contribution is 7.89. The quantitative estimate of drug-likeness (QED) is 0.824. The van der Waals surface area contributed by atoms with Crippen molar-refractivity contribution in [3.8, 4) is 0 Å². The number of aryl methyl sites for hydroxylation is 1. The third-order valence-electron chi connectivity index (χ3n) is 3.76. The van der Waals surface area contributed by atoms with Crippen LogP contribution in [0.25, 0.3) is 0 Å². The van der Waals surface area contributed by atoms with Crippen molar-refractivity contribution in [2.24, 2.45) is 5.73 Å². The van der Waals surface area contributed by atoms with E-state index < -0.39 is 10.0 Å². The molecule has 6 heteroatoms. The van der Waals surface area contributed by atoms with E-state index in [4.69, 9.17) is 5.73 Å². The number of sulfonamides is 1. The largest absolute Gasteiger partial charge is 0.326 e. The smallest absolute Gasteiger partial charge is 0.240 e. The van der Waals surface area contributed by atoms with Gasteiger partial charge in [0.15, 0.2) is 0 Å². The van der Waals surface area contributed by atoms with Crippen LogP contribution in [-0.2, 0) is 16.6 Å². The van der Waals surface area contributed by atoms with Gasteiger partial charge in [0.1, 0.15) is 0 Å². The van der Waals surface area contributed by atoms with Gasteiger partial charge in [0, 0.05) is 18.6 Å². The third kappa shape index (κ3) is 4.02. The molecule has 0 fully saturated rings. The molecule has 0 aliphatic rings. The van der Waals surface area contributed by atoms with Crippen LogP contribution < -0.4 is 10.5 Å². The summed E-state index contributed by atoms with van der Waals surface area (Å²) in [5.41, 5.74) is 7.22. The number of nitrogens with two attached hydrogens (primary N) is 1. The lowest BCUT2D eigenvalue weighted by atomic mass is 10.1. The van der Waals surface area contributed by atoms with E-state index in [1.54, 1.807) is 18.2 Å². The molecule has 0 saturated heterocycles. The van der Waals surface area contributed by atoms with Crippen LogP contribution in [0.15, 0.2) is 23.1 Å². The summed E-state index contributed by atoms with van der Waals surface area (Å²) in [6, 6.07) is 5.04. The van der Waals surface area contributed by atoms with Crippen LogP contribution in [0.2, 0.25) is 0 Å². The molecule has 0 saturated carbocycles. The van der Waals surface area contributed by atoms with Gasteiger partial charge >= 0.3 is 0 Å². The maximum Gasteiger partial charge on any atom is 0.240 e. The Labute approximate surface area is 122 Å². The summed E-state index contributed by atoms with van der Waals surface area (Å²) in [5, 5.41) is 0. The lowest BCUT2D eigenvalue weighted by molar-refractivity contribution is 0.199. The first-order valence-electron chi connectivity index (χ1n) is 6.57. The predicted molar refractivity (Wildman–Crippen MR) is 82.0 cm³/mol. The molecule has 0 unspecified atom stereocenters. The first kappa shape index (κ1) is 17.1. The minimum atomic E-state index is -3.51. The first-order valence-corrected chi connectivity index (χ1v) is 8.05. The van der Waals surface area contributed by atoms with Crippen molar-refractivity contribution in [2.75, 3.05) is 20.6 Å². The Morgan fingerprint density at radius 3 is 2.40 bits per heavy atom. The SMILES string of the molecule is Cc1ccc(S(=O)(=O)NCC(C)(C)N(C)C)cc1CN. The van der Waals surface area contributed by atoms with Gasteiger partial charge in [0.25, 0.3) is 0 Å². The van der Waals surface area contributed by atoms with E-state index in [2.05, 4.69) is 4.72 Å². The van der Waals surface area contributed by atoms with Gasteiger partial charge in [0.05, 0.1) is 4.90 Å². The Kier molecular flexibility index (Phi) is 5.32. The van der Waals surface area contributed by atoms with Crippen LogP contribution in [0.4, 0.5) is 0 Å². The Morgan fingerprint density at radius 2 is 1.90 bits per heavy atom. The fourth-order valence-electron chi connectivity index (χ4n) is 1.55. The van der Waals surface area contributed by atoms with Crippen LogP contribution >= 0.6 is 0 Å². The number of hydrogen-bond donors (Lipinski definition) is 2. The van der Waals surface area contributed by atoms with Crippen LogP contribution in [0.5, 0.6) is 0 Å². The second-order valence-electron chi connectivity index (χ2n) is 5.82. The molecule has 0 amide bonds. The fraction of sp³-hybridized carbons (Fsp3) is 0.571. The minimum Gasteiger partial charge on any atom is -0.326 e. The molecular weight excluding hydrogens is 274 g/mol. The summed E-state index contributed by atoms with van der Waals surface area (Å²) in [4.78, 5) is 2.24. The van der Waals surface area contributed by atoms with Crippen LogP contribution in [-0.4, -0.2) is 39.5 Å². The maximum atomic E-state index is 12.3. The van der Waals surface area contributed by atoms with Crippen LogP contribution in [0.1, 0.15) is 25.0 Å². The highest BCUT2D eigenvalue weighted by atomic mass is 32.2. The Bertz CT molecular complexity index is 566. The fourth-order valence-corrected chi connectivity index (χ4v) is 2.80. The van der Waals surface area contributed by atoms with Crippen molar-refractivity contribution in [3.63, 3.8) is 0 Å². The summed E-state index contributed by atoms with van der Waals surface area (Å²) in [5.74, 6) is 0. The summed E-state index contributed by atoms with van der Waals surface area (Å²) in [6.45, 7) is 6.56. The first-order chi connectivity index (χ1) is 9.10. The Hall–Kier alpha value is -0.950. The molecule has 0 bridgehead atoms. The summed E-state index contributed by atoms with van der Waals surface area (Å²) in [6.07, 6.45) is 0. The van der Waals surface area contributed by atoms with Crippen LogP contribution in [0.3, 0.4) is 0 Å². The molecule has 0 aromatic heterocycles. The number of likely N-dealkylation sites (N-methyl/N-ethyl adjacent to an activating group) is 1. The summed E-state index contributed by atoms with van der Waals surface area (Å²) in [7, 11) is 0.338. The van der Waals surface area contributed by atoms with Crippen molar-refractivity contribution in [1.29, 1.82) is 0 Å². The number of nitrogens with zero attached hydrogens (tertiary/aromatic N) is 1. The molecular formula is C14H25N3O2S. The lowest BCUT2D eigenvalue weighted by Gasteiger charge is -2.32. The maximum absolute atomic E-state index is 12.3. The van der Waals surface area contributed by atoms with Gasteiger partial charge in [-0.05, 0) is 58.1 Å². The van der Waals surface area contributed by atoms with E-state index in [1.165, 1.54) is 0 Å². The van der Waals surface area contributed by atoms with E-state index in [1.807, 2.05) is 39.8 Å². The number of rotatable bonds is 6. The van der Waals surface area contributed by atoms with Gasteiger partial charge in [0.2, 0.25) is 10.0 Å². The van der Waals surface area contributed by atoms with E-state index in [-0.39, 0.29) is 10.4 Å². The minimum absolute atomic E-state index is 0.255. The summed E-state index contributed by atoms with van der Waals surface area (Å²) >= 11 is 0. The van der Waals surface area contributed by atoms with Crippen molar-refractivity contribution in [2.45, 2.75) is 37.8 Å². The van der Waals surface area contributed by atoms with Gasteiger partial charge in [-0.1, -0.05) is 6.07 Å². The molecule has 1 aromatic carbocycles. The Morgan fingerprint density at radius 1 is 1.30 bits per heavy atom. The number of benzene rings is 1. The molecule has 3 N–H and O–H groups in total. The number of nitrogens with one attached hydrogen (secondary N) is 1. The molecule has 114 valence electrons. The zero-order valence-corrected chi connectivity index (χ0v) is 13.7. The molecule has 0 aliphatic heterocycles. The second-order valence-corrected chi connectivity index (χ2v) is 7.59. The molecule has 0 aliphatic carbocycles. The predicted octanol–water partition coefficient (Wildman–Crippen LogP) is 1.07. The number of hydrogen-bond acceptors (Lipinski definition) is 4. The molecule has 5 nitrogen and oxygen atoms in total. The van der Waals surface area contributed by atoms with E-state index in [9.17, 15) is 8.42 Å². The lowest BCUT2D eigenvalue weighted by Crippen LogP contribution is -2.48. The molecule has 0 heterocycles. The summed E-state index contributed by atoms with van der Waals surface area (Å²) < 4.78 is 27.3. The van der Waals surface area contributed by atoms with Crippen molar-refractivity contribution < 1.29 is 8.42 Å². The monoisotopic (exact) mass is 299 g/mol. The molecule has 0 radical (unpaired) electrons. The van der Waals surface area contributed by atoms with Gasteiger partial charge in [-0.3, -0.25) is 0 Å². The zero-order valence-electron chi connectivity index (χ0n) is 12.9. The van der Waals surface area contributed by atoms with Gasteiger partial charge in [-0.2, -0.15) is 0 Å². The average molecular weight is 299 g/mol. The highest BCUT2D eigenvalue weighted by Crippen LogP contribution is 2.16. The molecule has 1 aromatic rings. The zero-order chi connectivity index (χ0) is 15.6. The van der Waals surface area contributed by atoms with Crippen molar-refractivity contribution in [1.82, 2.24) is 9.62 Å². The molecule has 20 heavy (non-hydrogen) atoms. The third-order valence-corrected chi connectivity index (χ3v) is 5.16. The average Bonchev–Trinajstić information content (AvgIpc) is 2.37. The molecule has 0 spiro atoms. The van der Waals surface area contributed by atoms with E-state index in [0.717, 1.165) is 11.1 Å². The second kappa shape index (κ2) is 6.22. The van der Waals surface area contributed by atoms with Crippen molar-refractivity contribution in [3.05, 3.63) is 29.3 Å². The molecule has 1 rings (SSSR count). The van der Waals surface area contributed by atoms with Crippen molar-refractivity contribution >= 4 is 10.0 Å². The standard InChI is InChI=1S/C14H25N3O2S/c1-11-6-7-13(8-12(11)9-15)20(18,19)16-10-14(2,3)17(4)5/h6-8,16H,9-10,15H2,1-5H3. The normalized spacial score (nSPS) is 12.9. The molecule has 0 atom stereocenters. The van der Waals surface area contributed by atoms with Crippen LogP contribution in [0, 0.1) is 6.92 Å². The topological polar surface area (TPSA) is 75.4 Å². The van der Waals surface area contributed by atoms with E-state index >= 15 is 0 Å². The highest BCUT2D eigenvalue weighted by Gasteiger charge is 2.24.